The van der Waals surface area contributed by atoms with Crippen LogP contribution in [0.4, 0.5) is 0 Å². The molecule has 0 fully saturated rings. The minimum Gasteiger partial charge on any atom is -0.507 e. The van der Waals surface area contributed by atoms with Gasteiger partial charge < -0.3 is 15.2 Å². The Morgan fingerprint density at radius 3 is 2.95 bits per heavy atom. The second kappa shape index (κ2) is 6.41. The third kappa shape index (κ3) is 3.17. The Hall–Kier alpha value is -1.65. The molecule has 4 heteroatoms. The maximum Gasteiger partial charge on any atom is 0.123 e. The molecule has 0 aliphatic carbocycles. The summed E-state index contributed by atoms with van der Waals surface area (Å²) in [6.45, 7) is 0.652. The van der Waals surface area contributed by atoms with Crippen molar-refractivity contribution in [3.8, 4) is 11.5 Å². The predicted octanol–water partition coefficient (Wildman–Crippen LogP) is 3.73. The third-order valence-corrected chi connectivity index (χ3v) is 4.91. The van der Waals surface area contributed by atoms with E-state index in [1.807, 2.05) is 23.9 Å². The maximum absolute atomic E-state index is 10.0. The number of ether oxygens (including phenoxy) is 1. The summed E-state index contributed by atoms with van der Waals surface area (Å²) in [6, 6.07) is 14.3. The van der Waals surface area contributed by atoms with Crippen LogP contribution in [0, 0.1) is 0 Å². The van der Waals surface area contributed by atoms with Gasteiger partial charge in [-0.25, -0.2) is 0 Å². The van der Waals surface area contributed by atoms with Crippen molar-refractivity contribution in [3.05, 3.63) is 53.6 Å². The van der Waals surface area contributed by atoms with Crippen molar-refractivity contribution in [1.29, 1.82) is 0 Å². The smallest absolute Gasteiger partial charge is 0.123 e. The average molecular weight is 301 g/mol. The number of phenols is 1. The second-order valence-electron chi connectivity index (χ2n) is 5.10. The molecule has 3 rings (SSSR count). The van der Waals surface area contributed by atoms with E-state index in [4.69, 9.17) is 4.74 Å². The molecule has 1 aliphatic heterocycles. The van der Waals surface area contributed by atoms with Gasteiger partial charge >= 0.3 is 0 Å². The number of nitrogens with one attached hydrogen (secondary N) is 1. The summed E-state index contributed by atoms with van der Waals surface area (Å²) in [5.41, 5.74) is 2.26. The molecular formula is C17H19NO2S. The Labute approximate surface area is 129 Å². The fourth-order valence-corrected chi connectivity index (χ4v) is 3.73. The summed E-state index contributed by atoms with van der Waals surface area (Å²) in [6.07, 6.45) is 1.11. The Morgan fingerprint density at radius 1 is 1.29 bits per heavy atom. The molecule has 0 aromatic heterocycles. The third-order valence-electron chi connectivity index (χ3n) is 3.79. The summed E-state index contributed by atoms with van der Waals surface area (Å²) in [4.78, 5) is 1.36. The van der Waals surface area contributed by atoms with Crippen LogP contribution in [0.1, 0.15) is 23.6 Å². The molecule has 1 aliphatic rings. The highest BCUT2D eigenvalue weighted by Crippen LogP contribution is 2.36. The number of thioether (sulfide) groups is 1. The number of rotatable bonds is 4. The van der Waals surface area contributed by atoms with Gasteiger partial charge in [0.2, 0.25) is 0 Å². The molecule has 0 saturated heterocycles. The highest BCUT2D eigenvalue weighted by Gasteiger charge is 2.19. The standard InChI is InChI=1S/C17H19NO2S/c1-20-13-7-6-12(16(19)10-13)11-18-15-8-9-21-17-5-3-2-4-14(15)17/h2-7,10,15,18-19H,8-9,11H2,1H3. The summed E-state index contributed by atoms with van der Waals surface area (Å²) in [7, 11) is 1.60. The molecule has 21 heavy (non-hydrogen) atoms. The Bertz CT molecular complexity index is 630. The van der Waals surface area contributed by atoms with Crippen LogP contribution in [0.25, 0.3) is 0 Å². The van der Waals surface area contributed by atoms with Crippen molar-refractivity contribution >= 4 is 11.8 Å². The molecule has 0 saturated carbocycles. The zero-order valence-corrected chi connectivity index (χ0v) is 12.8. The number of hydrogen-bond acceptors (Lipinski definition) is 4. The van der Waals surface area contributed by atoms with Gasteiger partial charge in [0.25, 0.3) is 0 Å². The lowest BCUT2D eigenvalue weighted by Gasteiger charge is -2.26. The van der Waals surface area contributed by atoms with Crippen LogP contribution < -0.4 is 10.1 Å². The number of aromatic hydroxyl groups is 1. The fraction of sp³-hybridized carbons (Fsp3) is 0.294. The predicted molar refractivity (Wildman–Crippen MR) is 86.0 cm³/mol. The highest BCUT2D eigenvalue weighted by atomic mass is 32.2. The quantitative estimate of drug-likeness (QED) is 0.903. The Morgan fingerprint density at radius 2 is 2.14 bits per heavy atom. The number of phenolic OH excluding ortho intramolecular Hbond substituents is 1. The fourth-order valence-electron chi connectivity index (χ4n) is 2.61. The van der Waals surface area contributed by atoms with Gasteiger partial charge in [-0.05, 0) is 29.9 Å². The topological polar surface area (TPSA) is 41.5 Å². The first-order valence-corrected chi connectivity index (χ1v) is 8.07. The van der Waals surface area contributed by atoms with Gasteiger partial charge in [0.1, 0.15) is 11.5 Å². The minimum absolute atomic E-state index is 0.278. The molecule has 0 spiro atoms. The van der Waals surface area contributed by atoms with Gasteiger partial charge in [-0.3, -0.25) is 0 Å². The van der Waals surface area contributed by atoms with Crippen molar-refractivity contribution in [3.63, 3.8) is 0 Å². The van der Waals surface area contributed by atoms with Crippen molar-refractivity contribution in [1.82, 2.24) is 5.32 Å². The number of benzene rings is 2. The summed E-state index contributed by atoms with van der Waals surface area (Å²) < 4.78 is 5.11. The van der Waals surface area contributed by atoms with Crippen molar-refractivity contribution in [2.45, 2.75) is 23.9 Å². The molecule has 2 aromatic carbocycles. The second-order valence-corrected chi connectivity index (χ2v) is 6.24. The molecular weight excluding hydrogens is 282 g/mol. The Kier molecular flexibility index (Phi) is 4.36. The van der Waals surface area contributed by atoms with E-state index in [9.17, 15) is 5.11 Å². The molecule has 0 bridgehead atoms. The maximum atomic E-state index is 10.0. The SMILES string of the molecule is COc1ccc(CNC2CCSc3ccccc32)c(O)c1. The summed E-state index contributed by atoms with van der Waals surface area (Å²) in [5.74, 6) is 2.08. The van der Waals surface area contributed by atoms with Crippen LogP contribution >= 0.6 is 11.8 Å². The van der Waals surface area contributed by atoms with E-state index in [0.29, 0.717) is 18.3 Å². The van der Waals surface area contributed by atoms with Crippen LogP contribution in [0.15, 0.2) is 47.4 Å². The van der Waals surface area contributed by atoms with Gasteiger partial charge in [-0.1, -0.05) is 24.3 Å². The van der Waals surface area contributed by atoms with E-state index >= 15 is 0 Å². The normalized spacial score (nSPS) is 17.3. The van der Waals surface area contributed by atoms with Crippen molar-refractivity contribution in [2.24, 2.45) is 0 Å². The van der Waals surface area contributed by atoms with Crippen LogP contribution in [0.2, 0.25) is 0 Å². The molecule has 2 N–H and O–H groups in total. The lowest BCUT2D eigenvalue weighted by Crippen LogP contribution is -2.24. The zero-order valence-electron chi connectivity index (χ0n) is 12.0. The van der Waals surface area contributed by atoms with Gasteiger partial charge in [-0.15, -0.1) is 11.8 Å². The molecule has 2 aromatic rings. The first-order chi connectivity index (χ1) is 10.3. The highest BCUT2D eigenvalue weighted by molar-refractivity contribution is 7.99. The molecule has 1 unspecified atom stereocenters. The number of fused-ring (bicyclic) bond motifs is 1. The van der Waals surface area contributed by atoms with Crippen LogP contribution in [-0.2, 0) is 6.54 Å². The lowest BCUT2D eigenvalue weighted by atomic mass is 10.0. The minimum atomic E-state index is 0.278. The Balaban J connectivity index is 1.71. The van der Waals surface area contributed by atoms with Crippen LogP contribution in [-0.4, -0.2) is 18.0 Å². The largest absolute Gasteiger partial charge is 0.507 e. The van der Waals surface area contributed by atoms with Crippen LogP contribution in [0.3, 0.4) is 0 Å². The summed E-state index contributed by atoms with van der Waals surface area (Å²) in [5, 5.41) is 13.6. The average Bonchev–Trinajstić information content (AvgIpc) is 2.53. The molecule has 110 valence electrons. The first kappa shape index (κ1) is 14.3. The van der Waals surface area contributed by atoms with Gasteiger partial charge in [0.15, 0.2) is 0 Å². The molecule has 3 nitrogen and oxygen atoms in total. The van der Waals surface area contributed by atoms with E-state index in [1.165, 1.54) is 10.5 Å². The lowest BCUT2D eigenvalue weighted by molar-refractivity contribution is 0.405. The van der Waals surface area contributed by atoms with E-state index in [-0.39, 0.29) is 5.75 Å². The van der Waals surface area contributed by atoms with Crippen molar-refractivity contribution in [2.75, 3.05) is 12.9 Å². The number of hydrogen-bond donors (Lipinski definition) is 2. The molecule has 1 atom stereocenters. The van der Waals surface area contributed by atoms with E-state index in [0.717, 1.165) is 17.7 Å². The molecule has 0 amide bonds. The van der Waals surface area contributed by atoms with E-state index < -0.39 is 0 Å². The first-order valence-electron chi connectivity index (χ1n) is 7.09. The molecule has 1 heterocycles. The monoisotopic (exact) mass is 301 g/mol. The number of methoxy groups -OCH3 is 1. The van der Waals surface area contributed by atoms with Gasteiger partial charge in [0, 0.05) is 29.1 Å². The van der Waals surface area contributed by atoms with Crippen molar-refractivity contribution < 1.29 is 9.84 Å². The van der Waals surface area contributed by atoms with E-state index in [2.05, 4.69) is 29.6 Å². The van der Waals surface area contributed by atoms with Gasteiger partial charge in [-0.2, -0.15) is 0 Å². The summed E-state index contributed by atoms with van der Waals surface area (Å²) >= 11 is 1.92. The zero-order chi connectivity index (χ0) is 14.7. The van der Waals surface area contributed by atoms with Crippen LogP contribution in [0.5, 0.6) is 11.5 Å². The van der Waals surface area contributed by atoms with E-state index in [1.54, 1.807) is 13.2 Å². The van der Waals surface area contributed by atoms with Gasteiger partial charge in [0.05, 0.1) is 7.11 Å². The molecule has 0 radical (unpaired) electrons.